The Morgan fingerprint density at radius 3 is 2.61 bits per heavy atom. The number of rotatable bonds is 3. The van der Waals surface area contributed by atoms with Gasteiger partial charge in [-0.25, -0.2) is 9.98 Å². The molecule has 5 heteroatoms. The van der Waals surface area contributed by atoms with Crippen LogP contribution < -0.4 is 11.1 Å². The van der Waals surface area contributed by atoms with Crippen molar-refractivity contribution in [1.82, 2.24) is 15.2 Å². The van der Waals surface area contributed by atoms with Crippen molar-refractivity contribution >= 4 is 22.4 Å². The molecule has 0 radical (unpaired) electrons. The Morgan fingerprint density at radius 1 is 1.00 bits per heavy atom. The van der Waals surface area contributed by atoms with E-state index in [1.54, 1.807) is 6.20 Å². The van der Waals surface area contributed by atoms with Crippen molar-refractivity contribution in [2.75, 3.05) is 0 Å². The zero-order valence-electron chi connectivity index (χ0n) is 17.5. The van der Waals surface area contributed by atoms with Gasteiger partial charge in [0, 0.05) is 28.9 Å². The highest BCUT2D eigenvalue weighted by molar-refractivity contribution is 6.05. The Balaban J connectivity index is 1.42. The quantitative estimate of drug-likeness (QED) is 0.661. The summed E-state index contributed by atoms with van der Waals surface area (Å²) < 4.78 is 0. The van der Waals surface area contributed by atoms with Crippen molar-refractivity contribution in [2.45, 2.75) is 25.9 Å². The van der Waals surface area contributed by atoms with Crippen LogP contribution in [-0.4, -0.2) is 21.9 Å². The summed E-state index contributed by atoms with van der Waals surface area (Å²) in [5.41, 5.74) is 12.5. The minimum absolute atomic E-state index is 0.228. The molecule has 3 heterocycles. The van der Waals surface area contributed by atoms with E-state index < -0.39 is 0 Å². The monoisotopic (exact) mass is 407 g/mol. The van der Waals surface area contributed by atoms with Crippen molar-refractivity contribution in [3.63, 3.8) is 0 Å². The zero-order chi connectivity index (χ0) is 20.9. The van der Waals surface area contributed by atoms with Crippen molar-refractivity contribution in [3.8, 4) is 11.3 Å². The molecule has 3 aromatic rings. The van der Waals surface area contributed by atoms with Gasteiger partial charge in [0.15, 0.2) is 0 Å². The maximum atomic E-state index is 6.35. The van der Waals surface area contributed by atoms with Crippen LogP contribution in [0.15, 0.2) is 83.8 Å². The molecule has 3 aliphatic rings. The predicted molar refractivity (Wildman–Crippen MR) is 126 cm³/mol. The molecule has 0 amide bonds. The SMILES string of the molecule is CC1CC(C2NC(c3ccc4ccc(-c5ccccc5)nc4c3)=C3C(N)=NC=CN32)C1. The van der Waals surface area contributed by atoms with E-state index in [1.165, 1.54) is 12.8 Å². The first-order valence-corrected chi connectivity index (χ1v) is 10.9. The van der Waals surface area contributed by atoms with E-state index in [0.717, 1.165) is 45.0 Å². The molecule has 1 fully saturated rings. The Bertz CT molecular complexity index is 1250. The summed E-state index contributed by atoms with van der Waals surface area (Å²) in [6.45, 7) is 2.32. The first kappa shape index (κ1) is 18.2. The van der Waals surface area contributed by atoms with E-state index in [2.05, 4.69) is 64.6 Å². The fraction of sp³-hybridized carbons (Fsp3) is 0.231. The minimum atomic E-state index is 0.228. The van der Waals surface area contributed by atoms with E-state index in [-0.39, 0.29) is 6.17 Å². The average molecular weight is 408 g/mol. The van der Waals surface area contributed by atoms with Crippen molar-refractivity contribution in [1.29, 1.82) is 0 Å². The molecular formula is C26H25N5. The number of hydrogen-bond acceptors (Lipinski definition) is 5. The van der Waals surface area contributed by atoms with E-state index in [4.69, 9.17) is 10.7 Å². The van der Waals surface area contributed by atoms with Gasteiger partial charge in [0.2, 0.25) is 0 Å². The summed E-state index contributed by atoms with van der Waals surface area (Å²) in [4.78, 5) is 11.6. The number of benzene rings is 2. The molecule has 5 nitrogen and oxygen atoms in total. The van der Waals surface area contributed by atoms with E-state index in [9.17, 15) is 0 Å². The van der Waals surface area contributed by atoms with E-state index in [0.29, 0.717) is 11.8 Å². The Kier molecular flexibility index (Phi) is 4.10. The molecule has 1 saturated carbocycles. The number of nitrogens with zero attached hydrogens (tertiary/aromatic N) is 3. The standard InChI is InChI=1S/C26H25N5/c1-16-13-20(14-16)26-30-23(24-25(27)28-11-12-31(24)26)19-8-7-18-9-10-21(29-22(18)15-19)17-5-3-2-4-6-17/h2-12,15-16,20,26,30H,13-14H2,1H3,(H2,27,28). The zero-order valence-corrected chi connectivity index (χ0v) is 17.5. The molecule has 1 aliphatic carbocycles. The molecule has 2 aliphatic heterocycles. The van der Waals surface area contributed by atoms with Crippen LogP contribution in [0.4, 0.5) is 0 Å². The summed E-state index contributed by atoms with van der Waals surface area (Å²) >= 11 is 0. The first-order valence-electron chi connectivity index (χ1n) is 10.9. The fourth-order valence-electron chi connectivity index (χ4n) is 5.06. The number of pyridine rings is 1. The number of amidine groups is 1. The van der Waals surface area contributed by atoms with Crippen LogP contribution in [0.1, 0.15) is 25.3 Å². The second-order valence-electron chi connectivity index (χ2n) is 8.84. The minimum Gasteiger partial charge on any atom is -0.382 e. The lowest BCUT2D eigenvalue weighted by Gasteiger charge is -2.41. The molecule has 0 bridgehead atoms. The fourth-order valence-corrected chi connectivity index (χ4v) is 5.06. The second kappa shape index (κ2) is 6.98. The Morgan fingerprint density at radius 2 is 1.81 bits per heavy atom. The molecule has 1 unspecified atom stereocenters. The van der Waals surface area contributed by atoms with Gasteiger partial charge in [0.25, 0.3) is 0 Å². The lowest BCUT2D eigenvalue weighted by atomic mass is 9.74. The Hall–Kier alpha value is -3.60. The van der Waals surface area contributed by atoms with Gasteiger partial charge in [-0.3, -0.25) is 0 Å². The van der Waals surface area contributed by atoms with Gasteiger partial charge in [0.1, 0.15) is 17.7 Å². The maximum Gasteiger partial charge on any atom is 0.149 e. The first-order chi connectivity index (χ1) is 15.2. The predicted octanol–water partition coefficient (Wildman–Crippen LogP) is 4.69. The molecule has 1 atom stereocenters. The third-order valence-corrected chi connectivity index (χ3v) is 6.68. The number of nitrogens with one attached hydrogen (secondary N) is 1. The lowest BCUT2D eigenvalue weighted by Crippen LogP contribution is -2.47. The molecular weight excluding hydrogens is 382 g/mol. The van der Waals surface area contributed by atoms with Gasteiger partial charge in [0.05, 0.1) is 16.9 Å². The van der Waals surface area contributed by atoms with Gasteiger partial charge in [-0.1, -0.05) is 55.5 Å². The Labute approximate surface area is 182 Å². The highest BCUT2D eigenvalue weighted by atomic mass is 15.3. The topological polar surface area (TPSA) is 66.5 Å². The van der Waals surface area contributed by atoms with Crippen molar-refractivity contribution < 1.29 is 0 Å². The molecule has 1 aromatic heterocycles. The van der Waals surface area contributed by atoms with Gasteiger partial charge in [-0.05, 0) is 36.8 Å². The molecule has 31 heavy (non-hydrogen) atoms. The van der Waals surface area contributed by atoms with E-state index >= 15 is 0 Å². The molecule has 0 spiro atoms. The molecule has 0 saturated heterocycles. The summed E-state index contributed by atoms with van der Waals surface area (Å²) in [6, 6.07) is 21.0. The smallest absolute Gasteiger partial charge is 0.149 e. The summed E-state index contributed by atoms with van der Waals surface area (Å²) in [6.07, 6.45) is 6.54. The van der Waals surface area contributed by atoms with Crippen LogP contribution in [-0.2, 0) is 0 Å². The van der Waals surface area contributed by atoms with Gasteiger partial charge in [-0.15, -0.1) is 0 Å². The van der Waals surface area contributed by atoms with Gasteiger partial charge in [-0.2, -0.15) is 0 Å². The molecule has 6 rings (SSSR count). The molecule has 3 N–H and O–H groups in total. The van der Waals surface area contributed by atoms with Gasteiger partial charge >= 0.3 is 0 Å². The maximum absolute atomic E-state index is 6.35. The second-order valence-corrected chi connectivity index (χ2v) is 8.84. The molecule has 154 valence electrons. The van der Waals surface area contributed by atoms with Crippen LogP contribution in [0.25, 0.3) is 27.9 Å². The third kappa shape index (κ3) is 3.00. The number of fused-ring (bicyclic) bond motifs is 2. The van der Waals surface area contributed by atoms with Gasteiger partial charge < -0.3 is 16.0 Å². The van der Waals surface area contributed by atoms with Crippen LogP contribution in [0.3, 0.4) is 0 Å². The lowest BCUT2D eigenvalue weighted by molar-refractivity contribution is 0.112. The van der Waals surface area contributed by atoms with Crippen molar-refractivity contribution in [2.24, 2.45) is 22.6 Å². The van der Waals surface area contributed by atoms with Crippen LogP contribution in [0.2, 0.25) is 0 Å². The summed E-state index contributed by atoms with van der Waals surface area (Å²) in [5.74, 6) is 1.97. The van der Waals surface area contributed by atoms with Crippen LogP contribution in [0, 0.1) is 11.8 Å². The normalized spacial score (nSPS) is 24.6. The molecule has 2 aromatic carbocycles. The largest absolute Gasteiger partial charge is 0.382 e. The summed E-state index contributed by atoms with van der Waals surface area (Å²) in [7, 11) is 0. The number of aromatic nitrogens is 1. The van der Waals surface area contributed by atoms with Crippen molar-refractivity contribution in [3.05, 3.63) is 84.3 Å². The number of aliphatic imine (C=N–C) groups is 1. The van der Waals surface area contributed by atoms with E-state index in [1.807, 2.05) is 24.4 Å². The highest BCUT2D eigenvalue weighted by Gasteiger charge is 2.42. The third-order valence-electron chi connectivity index (χ3n) is 6.68. The number of hydrogen-bond donors (Lipinski definition) is 2. The van der Waals surface area contributed by atoms with Crippen LogP contribution >= 0.6 is 0 Å². The highest BCUT2D eigenvalue weighted by Crippen LogP contribution is 2.42. The number of nitrogens with two attached hydrogens (primary N) is 1. The van der Waals surface area contributed by atoms with Crippen LogP contribution in [0.5, 0.6) is 0 Å². The summed E-state index contributed by atoms with van der Waals surface area (Å²) in [5, 5.41) is 4.90. The average Bonchev–Trinajstić information content (AvgIpc) is 3.17.